The maximum atomic E-state index is 13.1. The molecule has 0 saturated carbocycles. The summed E-state index contributed by atoms with van der Waals surface area (Å²) in [6.07, 6.45) is 0. The quantitative estimate of drug-likeness (QED) is 0.907. The fourth-order valence-electron chi connectivity index (χ4n) is 2.29. The van der Waals surface area contributed by atoms with Crippen LogP contribution in [0.5, 0.6) is 0 Å². The number of hydrogen-bond donors (Lipinski definition) is 1. The third kappa shape index (κ3) is 3.78. The highest BCUT2D eigenvalue weighted by Crippen LogP contribution is 2.18. The number of rotatable bonds is 3. The van der Waals surface area contributed by atoms with Crippen molar-refractivity contribution >= 4 is 11.8 Å². The predicted octanol–water partition coefficient (Wildman–Crippen LogP) is 1.08. The molecule has 1 heterocycles. The van der Waals surface area contributed by atoms with Crippen molar-refractivity contribution in [3.8, 4) is 0 Å². The largest absolute Gasteiger partial charge is 0.362 e. The molecule has 2 rings (SSSR count). The normalized spacial score (nSPS) is 22.0. The van der Waals surface area contributed by atoms with E-state index >= 15 is 0 Å². The van der Waals surface area contributed by atoms with Gasteiger partial charge in [-0.1, -0.05) is 12.1 Å². The van der Waals surface area contributed by atoms with Gasteiger partial charge in [0.05, 0.1) is 13.2 Å². The maximum Gasteiger partial charge on any atom is 0.254 e. The fraction of sp³-hybridized carbons (Fsp3) is 0.467. The Hall–Kier alpha value is -1.95. The van der Waals surface area contributed by atoms with Crippen LogP contribution in [0.4, 0.5) is 4.39 Å². The zero-order valence-corrected chi connectivity index (χ0v) is 12.2. The van der Waals surface area contributed by atoms with E-state index in [1.807, 2.05) is 0 Å². The zero-order chi connectivity index (χ0) is 15.5. The van der Waals surface area contributed by atoms with Crippen molar-refractivity contribution < 1.29 is 18.7 Å². The number of halogens is 1. The Morgan fingerprint density at radius 3 is 2.90 bits per heavy atom. The van der Waals surface area contributed by atoms with Gasteiger partial charge in [0.15, 0.2) is 5.60 Å². The second-order valence-corrected chi connectivity index (χ2v) is 5.33. The Balaban J connectivity index is 1.97. The minimum absolute atomic E-state index is 0.0811. The smallest absolute Gasteiger partial charge is 0.254 e. The molecule has 0 aromatic heterocycles. The molecule has 0 bridgehead atoms. The van der Waals surface area contributed by atoms with Gasteiger partial charge in [-0.2, -0.15) is 0 Å². The van der Waals surface area contributed by atoms with E-state index in [1.54, 1.807) is 24.0 Å². The van der Waals surface area contributed by atoms with Crippen molar-refractivity contribution in [2.45, 2.75) is 26.0 Å². The lowest BCUT2D eigenvalue weighted by molar-refractivity contribution is -0.162. The van der Waals surface area contributed by atoms with E-state index in [2.05, 4.69) is 5.32 Å². The predicted molar refractivity (Wildman–Crippen MR) is 74.9 cm³/mol. The molecule has 1 atom stereocenters. The zero-order valence-electron chi connectivity index (χ0n) is 12.2. The van der Waals surface area contributed by atoms with Crippen LogP contribution < -0.4 is 5.32 Å². The van der Waals surface area contributed by atoms with Crippen LogP contribution >= 0.6 is 0 Å². The molecule has 0 unspecified atom stereocenters. The summed E-state index contributed by atoms with van der Waals surface area (Å²) in [7, 11) is 0. The lowest BCUT2D eigenvalue weighted by Gasteiger charge is -2.38. The first kappa shape index (κ1) is 15.4. The van der Waals surface area contributed by atoms with Gasteiger partial charge in [-0.25, -0.2) is 4.39 Å². The number of carbonyl (C=O) groups excluding carboxylic acids is 2. The fourth-order valence-corrected chi connectivity index (χ4v) is 2.29. The molecular formula is C15H19FN2O3. The average molecular weight is 294 g/mol. The minimum atomic E-state index is -1.07. The molecule has 0 spiro atoms. The van der Waals surface area contributed by atoms with E-state index in [0.717, 1.165) is 0 Å². The molecule has 1 N–H and O–H groups in total. The van der Waals surface area contributed by atoms with E-state index in [-0.39, 0.29) is 30.7 Å². The number of nitrogens with one attached hydrogen (secondary N) is 1. The molecule has 21 heavy (non-hydrogen) atoms. The SMILES string of the molecule is CC(=O)N1CCO[C@@](C)(C(=O)NCc2cccc(F)c2)C1. The number of hydrogen-bond acceptors (Lipinski definition) is 3. The number of benzene rings is 1. The second-order valence-electron chi connectivity index (χ2n) is 5.33. The van der Waals surface area contributed by atoms with Gasteiger partial charge in [-0.3, -0.25) is 9.59 Å². The number of ether oxygens (including phenoxy) is 1. The Bertz CT molecular complexity index is 549. The molecule has 1 aliphatic heterocycles. The molecule has 114 valence electrons. The number of amides is 2. The molecule has 0 radical (unpaired) electrons. The molecule has 6 heteroatoms. The second kappa shape index (κ2) is 6.22. The van der Waals surface area contributed by atoms with Gasteiger partial charge in [0.25, 0.3) is 5.91 Å². The van der Waals surface area contributed by atoms with Crippen LogP contribution in [0.1, 0.15) is 19.4 Å². The molecule has 1 aromatic rings. The lowest BCUT2D eigenvalue weighted by Crippen LogP contribution is -2.58. The molecular weight excluding hydrogens is 275 g/mol. The van der Waals surface area contributed by atoms with Crippen molar-refractivity contribution in [3.63, 3.8) is 0 Å². The standard InChI is InChI=1S/C15H19FN2O3/c1-11(19)18-6-7-21-15(2,10-18)14(20)17-9-12-4-3-5-13(16)8-12/h3-5,8H,6-7,9-10H2,1-2H3,(H,17,20)/t15-/m1/s1. The van der Waals surface area contributed by atoms with Crippen molar-refractivity contribution in [2.24, 2.45) is 0 Å². The van der Waals surface area contributed by atoms with E-state index in [4.69, 9.17) is 4.74 Å². The molecule has 1 aromatic carbocycles. The molecule has 1 saturated heterocycles. The molecule has 0 aliphatic carbocycles. The summed E-state index contributed by atoms with van der Waals surface area (Å²) in [5.74, 6) is -0.732. The highest BCUT2D eigenvalue weighted by Gasteiger charge is 2.39. The third-order valence-electron chi connectivity index (χ3n) is 3.54. The summed E-state index contributed by atoms with van der Waals surface area (Å²) in [6.45, 7) is 4.37. The van der Waals surface area contributed by atoms with Crippen LogP contribution in [0.2, 0.25) is 0 Å². The van der Waals surface area contributed by atoms with Crippen LogP contribution in [0.15, 0.2) is 24.3 Å². The van der Waals surface area contributed by atoms with Crippen molar-refractivity contribution in [1.29, 1.82) is 0 Å². The molecule has 1 aliphatic rings. The Labute approximate surface area is 123 Å². The first-order chi connectivity index (χ1) is 9.90. The van der Waals surface area contributed by atoms with Crippen molar-refractivity contribution in [3.05, 3.63) is 35.6 Å². The summed E-state index contributed by atoms with van der Waals surface area (Å²) in [4.78, 5) is 25.3. The highest BCUT2D eigenvalue weighted by molar-refractivity contribution is 5.86. The van der Waals surface area contributed by atoms with Gasteiger partial charge in [0.1, 0.15) is 5.82 Å². The Morgan fingerprint density at radius 2 is 2.24 bits per heavy atom. The molecule has 2 amide bonds. The van der Waals surface area contributed by atoms with Gasteiger partial charge >= 0.3 is 0 Å². The summed E-state index contributed by atoms with van der Waals surface area (Å²) in [6, 6.07) is 6.04. The van der Waals surface area contributed by atoms with Gasteiger partial charge in [0, 0.05) is 20.0 Å². The van der Waals surface area contributed by atoms with E-state index < -0.39 is 5.60 Å². The summed E-state index contributed by atoms with van der Waals surface area (Å²) in [5.41, 5.74) is -0.400. The summed E-state index contributed by atoms with van der Waals surface area (Å²) < 4.78 is 18.6. The van der Waals surface area contributed by atoms with Crippen LogP contribution in [0, 0.1) is 5.82 Å². The molecule has 1 fully saturated rings. The van der Waals surface area contributed by atoms with Gasteiger partial charge in [0.2, 0.25) is 5.91 Å². The van der Waals surface area contributed by atoms with Gasteiger partial charge in [-0.15, -0.1) is 0 Å². The number of morpholine rings is 1. The topological polar surface area (TPSA) is 58.6 Å². The lowest BCUT2D eigenvalue weighted by atomic mass is 10.0. The first-order valence-corrected chi connectivity index (χ1v) is 6.83. The monoisotopic (exact) mass is 294 g/mol. The van der Waals surface area contributed by atoms with Crippen LogP contribution in [0.3, 0.4) is 0 Å². The summed E-state index contributed by atoms with van der Waals surface area (Å²) >= 11 is 0. The maximum absolute atomic E-state index is 13.1. The van der Waals surface area contributed by atoms with E-state index in [9.17, 15) is 14.0 Å². The van der Waals surface area contributed by atoms with Gasteiger partial charge < -0.3 is 15.0 Å². The van der Waals surface area contributed by atoms with Crippen LogP contribution in [-0.2, 0) is 20.9 Å². The van der Waals surface area contributed by atoms with Gasteiger partial charge in [-0.05, 0) is 24.6 Å². The van der Waals surface area contributed by atoms with Crippen LogP contribution in [-0.4, -0.2) is 42.0 Å². The number of nitrogens with zero attached hydrogens (tertiary/aromatic N) is 1. The average Bonchev–Trinajstić information content (AvgIpc) is 2.44. The minimum Gasteiger partial charge on any atom is -0.362 e. The van der Waals surface area contributed by atoms with Crippen molar-refractivity contribution in [1.82, 2.24) is 10.2 Å². The highest BCUT2D eigenvalue weighted by atomic mass is 19.1. The Kier molecular flexibility index (Phi) is 4.57. The number of carbonyl (C=O) groups is 2. The first-order valence-electron chi connectivity index (χ1n) is 6.83. The third-order valence-corrected chi connectivity index (χ3v) is 3.54. The summed E-state index contributed by atoms with van der Waals surface area (Å²) in [5, 5.41) is 2.73. The van der Waals surface area contributed by atoms with Crippen molar-refractivity contribution in [2.75, 3.05) is 19.7 Å². The van der Waals surface area contributed by atoms with Crippen LogP contribution in [0.25, 0.3) is 0 Å². The Morgan fingerprint density at radius 1 is 1.48 bits per heavy atom. The van der Waals surface area contributed by atoms with E-state index in [1.165, 1.54) is 19.1 Å². The molecule has 5 nitrogen and oxygen atoms in total. The van der Waals surface area contributed by atoms with E-state index in [0.29, 0.717) is 18.7 Å².